The standard InChI is InChI=1S/C26H38O2/c1-23(2,3)19-25(7,21-15-11-9-12-16-21)27-28-26(8,20-24(4,5)6)22-17-13-10-14-18-22/h9-18H,19-20H2,1-8H3. The van der Waals surface area contributed by atoms with Crippen LogP contribution in [0.4, 0.5) is 0 Å². The average Bonchev–Trinajstić information content (AvgIpc) is 2.59. The SMILES string of the molecule is CC(C)(C)CC(C)(OOC(C)(CC(C)(C)C)c1ccccc1)c1ccccc1. The molecule has 0 aliphatic heterocycles. The summed E-state index contributed by atoms with van der Waals surface area (Å²) in [5.41, 5.74) is 1.40. The molecule has 0 aliphatic rings. The van der Waals surface area contributed by atoms with Crippen LogP contribution in [0.15, 0.2) is 60.7 Å². The van der Waals surface area contributed by atoms with E-state index in [1.807, 2.05) is 12.1 Å². The van der Waals surface area contributed by atoms with Crippen LogP contribution in [-0.4, -0.2) is 0 Å². The lowest BCUT2D eigenvalue weighted by Crippen LogP contribution is -2.38. The maximum atomic E-state index is 6.36. The predicted molar refractivity (Wildman–Crippen MR) is 118 cm³/mol. The Balaban J connectivity index is 2.36. The van der Waals surface area contributed by atoms with Gasteiger partial charge < -0.3 is 0 Å². The van der Waals surface area contributed by atoms with E-state index < -0.39 is 11.2 Å². The van der Waals surface area contributed by atoms with Gasteiger partial charge in [0.1, 0.15) is 11.2 Å². The highest BCUT2D eigenvalue weighted by atomic mass is 17.2. The van der Waals surface area contributed by atoms with Crippen molar-refractivity contribution in [2.75, 3.05) is 0 Å². The monoisotopic (exact) mass is 382 g/mol. The Bertz CT molecular complexity index is 659. The minimum atomic E-state index is -0.534. The van der Waals surface area contributed by atoms with Crippen LogP contribution >= 0.6 is 0 Å². The van der Waals surface area contributed by atoms with E-state index in [0.29, 0.717) is 0 Å². The van der Waals surface area contributed by atoms with Gasteiger partial charge in [-0.2, -0.15) is 0 Å². The molecule has 2 atom stereocenters. The molecule has 2 unspecified atom stereocenters. The molecule has 0 saturated carbocycles. The lowest BCUT2D eigenvalue weighted by molar-refractivity contribution is -0.424. The van der Waals surface area contributed by atoms with Crippen molar-refractivity contribution in [2.45, 2.75) is 79.4 Å². The van der Waals surface area contributed by atoms with E-state index in [9.17, 15) is 0 Å². The molecule has 0 fully saturated rings. The Morgan fingerprint density at radius 1 is 0.500 bits per heavy atom. The quantitative estimate of drug-likeness (QED) is 0.362. The summed E-state index contributed by atoms with van der Waals surface area (Å²) in [7, 11) is 0. The Morgan fingerprint density at radius 3 is 1.04 bits per heavy atom. The normalized spacial score (nSPS) is 17.0. The zero-order chi connectivity index (χ0) is 21.1. The smallest absolute Gasteiger partial charge is 0.126 e. The van der Waals surface area contributed by atoms with Crippen molar-refractivity contribution in [3.8, 4) is 0 Å². The van der Waals surface area contributed by atoms with E-state index in [-0.39, 0.29) is 10.8 Å². The molecular weight excluding hydrogens is 344 g/mol. The predicted octanol–water partition coefficient (Wildman–Crippen LogP) is 7.64. The average molecular weight is 383 g/mol. The van der Waals surface area contributed by atoms with E-state index in [1.54, 1.807) is 0 Å². The van der Waals surface area contributed by atoms with Gasteiger partial charge in [0.05, 0.1) is 0 Å². The molecule has 0 heterocycles. The molecule has 2 aromatic carbocycles. The maximum Gasteiger partial charge on any atom is 0.126 e. The molecular formula is C26H38O2. The topological polar surface area (TPSA) is 18.5 Å². The fourth-order valence-electron chi connectivity index (χ4n) is 4.15. The second-order valence-electron chi connectivity index (χ2n) is 10.8. The highest BCUT2D eigenvalue weighted by molar-refractivity contribution is 5.23. The number of rotatable bonds is 7. The molecule has 0 aromatic heterocycles. The summed E-state index contributed by atoms with van der Waals surface area (Å²) in [4.78, 5) is 12.7. The van der Waals surface area contributed by atoms with Crippen molar-refractivity contribution in [3.05, 3.63) is 71.8 Å². The van der Waals surface area contributed by atoms with Crippen LogP contribution in [0.3, 0.4) is 0 Å². The Labute approximate surface area is 172 Å². The van der Waals surface area contributed by atoms with Crippen molar-refractivity contribution in [2.24, 2.45) is 10.8 Å². The summed E-state index contributed by atoms with van der Waals surface area (Å²) >= 11 is 0. The molecule has 2 rings (SSSR count). The highest BCUT2D eigenvalue weighted by Crippen LogP contribution is 2.43. The second kappa shape index (κ2) is 8.39. The Morgan fingerprint density at radius 2 is 0.786 bits per heavy atom. The molecule has 0 bridgehead atoms. The molecule has 2 aromatic rings. The molecule has 0 radical (unpaired) electrons. The zero-order valence-corrected chi connectivity index (χ0v) is 19.0. The summed E-state index contributed by atoms with van der Waals surface area (Å²) in [5, 5.41) is 0. The summed E-state index contributed by atoms with van der Waals surface area (Å²) in [6, 6.07) is 20.8. The molecule has 154 valence electrons. The summed E-state index contributed by atoms with van der Waals surface area (Å²) in [6.07, 6.45) is 1.70. The van der Waals surface area contributed by atoms with Gasteiger partial charge in [0.15, 0.2) is 0 Å². The fourth-order valence-corrected chi connectivity index (χ4v) is 4.15. The van der Waals surface area contributed by atoms with Crippen LogP contribution in [0, 0.1) is 10.8 Å². The van der Waals surface area contributed by atoms with E-state index in [4.69, 9.17) is 9.78 Å². The zero-order valence-electron chi connectivity index (χ0n) is 19.0. The first-order valence-electron chi connectivity index (χ1n) is 10.3. The largest absolute Gasteiger partial charge is 0.225 e. The second-order valence-corrected chi connectivity index (χ2v) is 10.8. The van der Waals surface area contributed by atoms with Crippen molar-refractivity contribution in [1.82, 2.24) is 0 Å². The van der Waals surface area contributed by atoms with E-state index in [0.717, 1.165) is 24.0 Å². The van der Waals surface area contributed by atoms with Gasteiger partial charge in [0.25, 0.3) is 0 Å². The van der Waals surface area contributed by atoms with Gasteiger partial charge in [0.2, 0.25) is 0 Å². The third-order valence-electron chi connectivity index (χ3n) is 4.91. The van der Waals surface area contributed by atoms with Crippen LogP contribution in [0.1, 0.15) is 79.4 Å². The summed E-state index contributed by atoms with van der Waals surface area (Å²) in [6.45, 7) is 17.7. The molecule has 0 aliphatic carbocycles. The molecule has 0 N–H and O–H groups in total. The van der Waals surface area contributed by atoms with Crippen LogP contribution in [-0.2, 0) is 21.0 Å². The van der Waals surface area contributed by atoms with E-state index in [1.165, 1.54) is 0 Å². The van der Waals surface area contributed by atoms with Gasteiger partial charge in [-0.3, -0.25) is 0 Å². The Hall–Kier alpha value is -1.64. The third-order valence-corrected chi connectivity index (χ3v) is 4.91. The van der Waals surface area contributed by atoms with Gasteiger partial charge in [-0.25, -0.2) is 9.78 Å². The van der Waals surface area contributed by atoms with Gasteiger partial charge in [-0.15, -0.1) is 0 Å². The molecule has 2 heteroatoms. The van der Waals surface area contributed by atoms with Crippen LogP contribution < -0.4 is 0 Å². The molecule has 0 spiro atoms. The van der Waals surface area contributed by atoms with E-state index >= 15 is 0 Å². The van der Waals surface area contributed by atoms with Crippen molar-refractivity contribution in [1.29, 1.82) is 0 Å². The fraction of sp³-hybridized carbons (Fsp3) is 0.538. The Kier molecular flexibility index (Phi) is 6.78. The lowest BCUT2D eigenvalue weighted by atomic mass is 9.79. The number of hydrogen-bond acceptors (Lipinski definition) is 2. The molecule has 0 amide bonds. The molecule has 28 heavy (non-hydrogen) atoms. The minimum Gasteiger partial charge on any atom is -0.225 e. The first-order chi connectivity index (χ1) is 12.8. The van der Waals surface area contributed by atoms with Gasteiger partial charge >= 0.3 is 0 Å². The minimum absolute atomic E-state index is 0.0983. The number of benzene rings is 2. The lowest BCUT2D eigenvalue weighted by Gasteiger charge is -2.40. The van der Waals surface area contributed by atoms with Crippen molar-refractivity contribution >= 4 is 0 Å². The van der Waals surface area contributed by atoms with E-state index in [2.05, 4.69) is 104 Å². The van der Waals surface area contributed by atoms with Gasteiger partial charge in [0, 0.05) is 0 Å². The van der Waals surface area contributed by atoms with Crippen molar-refractivity contribution < 1.29 is 9.78 Å². The third kappa shape index (κ3) is 6.46. The van der Waals surface area contributed by atoms with Gasteiger partial charge in [-0.1, -0.05) is 102 Å². The number of hydrogen-bond donors (Lipinski definition) is 0. The molecule has 2 nitrogen and oxygen atoms in total. The van der Waals surface area contributed by atoms with Crippen LogP contribution in [0.5, 0.6) is 0 Å². The first kappa shape index (κ1) is 22.6. The molecule has 0 saturated heterocycles. The summed E-state index contributed by atoms with van der Waals surface area (Å²) in [5.74, 6) is 0. The van der Waals surface area contributed by atoms with Crippen LogP contribution in [0.2, 0.25) is 0 Å². The summed E-state index contributed by atoms with van der Waals surface area (Å²) < 4.78 is 0. The van der Waals surface area contributed by atoms with Crippen molar-refractivity contribution in [3.63, 3.8) is 0 Å². The van der Waals surface area contributed by atoms with Crippen LogP contribution in [0.25, 0.3) is 0 Å². The van der Waals surface area contributed by atoms with Gasteiger partial charge in [-0.05, 0) is 48.6 Å². The first-order valence-corrected chi connectivity index (χ1v) is 10.3. The maximum absolute atomic E-state index is 6.36. The highest BCUT2D eigenvalue weighted by Gasteiger charge is 2.40.